The van der Waals surface area contributed by atoms with Crippen molar-refractivity contribution < 1.29 is 4.42 Å². The largest absolute Gasteiger partial charge is 0.456 e. The molecule has 11 rings (SSSR count). The van der Waals surface area contributed by atoms with Crippen molar-refractivity contribution in [2.75, 3.05) is 0 Å². The van der Waals surface area contributed by atoms with Gasteiger partial charge in [0.1, 0.15) is 11.2 Å². The molecule has 0 unspecified atom stereocenters. The third kappa shape index (κ3) is 4.06. The summed E-state index contributed by atoms with van der Waals surface area (Å²) in [6.07, 6.45) is 0. The van der Waals surface area contributed by atoms with Crippen molar-refractivity contribution in [3.05, 3.63) is 170 Å². The second-order valence-electron chi connectivity index (χ2n) is 13.2. The number of fused-ring (bicyclic) bond motifs is 10. The van der Waals surface area contributed by atoms with Gasteiger partial charge in [0, 0.05) is 30.9 Å². The van der Waals surface area contributed by atoms with E-state index in [2.05, 4.69) is 164 Å². The van der Waals surface area contributed by atoms with E-state index >= 15 is 0 Å². The SMILES string of the molecule is c1cc(-c2ccc3ccccc3c2)cc(-c2c3ccccc3c(-c3ccc4sc5c(ccc6oc7ccccc7c65)c4c3)c3ccccc23)c1. The molecule has 0 amide bonds. The van der Waals surface area contributed by atoms with E-state index in [9.17, 15) is 0 Å². The molecule has 0 atom stereocenters. The Bertz CT molecular complexity index is 3100. The topological polar surface area (TPSA) is 13.1 Å². The van der Waals surface area contributed by atoms with Gasteiger partial charge in [-0.25, -0.2) is 0 Å². The standard InChI is InChI=1S/C48H28OS/c1-2-11-30-26-32(21-20-29(30)10-1)31-12-9-13-33(27-31)45-35-14-3-5-16-37(35)46(38-17-6-4-15-36(38)45)34-22-25-44-41(28-34)39-23-24-43-47(48(39)50-44)40-18-7-8-19-42(40)49-43/h1-28H. The lowest BCUT2D eigenvalue weighted by atomic mass is 9.85. The zero-order chi connectivity index (χ0) is 32.8. The predicted octanol–water partition coefficient (Wildman–Crippen LogP) is 14.4. The van der Waals surface area contributed by atoms with Crippen LogP contribution in [-0.4, -0.2) is 0 Å². The second kappa shape index (κ2) is 10.6. The molecule has 1 nitrogen and oxygen atoms in total. The maximum absolute atomic E-state index is 6.25. The Balaban J connectivity index is 1.14. The van der Waals surface area contributed by atoms with Crippen LogP contribution in [0.25, 0.3) is 108 Å². The van der Waals surface area contributed by atoms with Crippen molar-refractivity contribution >= 4 is 85.8 Å². The molecule has 0 radical (unpaired) electrons. The smallest absolute Gasteiger partial charge is 0.136 e. The van der Waals surface area contributed by atoms with Gasteiger partial charge in [0.2, 0.25) is 0 Å². The fourth-order valence-corrected chi connectivity index (χ4v) is 9.41. The number of hydrogen-bond acceptors (Lipinski definition) is 2. The highest BCUT2D eigenvalue weighted by Gasteiger charge is 2.19. The third-order valence-corrected chi connectivity index (χ3v) is 11.6. The monoisotopic (exact) mass is 652 g/mol. The van der Waals surface area contributed by atoms with E-state index in [0.29, 0.717) is 0 Å². The number of para-hydroxylation sites is 1. The van der Waals surface area contributed by atoms with Gasteiger partial charge in [-0.05, 0) is 108 Å². The van der Waals surface area contributed by atoms with Crippen LogP contribution in [0.15, 0.2) is 174 Å². The number of hydrogen-bond donors (Lipinski definition) is 0. The molecule has 0 saturated carbocycles. The van der Waals surface area contributed by atoms with Gasteiger partial charge >= 0.3 is 0 Å². The molecule has 0 bridgehead atoms. The Morgan fingerprint density at radius 1 is 0.340 bits per heavy atom. The number of benzene rings is 9. The zero-order valence-corrected chi connectivity index (χ0v) is 27.8. The normalized spacial score (nSPS) is 12.0. The second-order valence-corrected chi connectivity index (χ2v) is 14.3. The van der Waals surface area contributed by atoms with E-state index in [0.717, 1.165) is 11.2 Å². The van der Waals surface area contributed by atoms with Gasteiger partial charge < -0.3 is 4.42 Å². The van der Waals surface area contributed by atoms with Crippen molar-refractivity contribution in [1.29, 1.82) is 0 Å². The molecular formula is C48H28OS. The first kappa shape index (κ1) is 27.7. The Hall–Kier alpha value is -6.22. The minimum atomic E-state index is 0.939. The minimum Gasteiger partial charge on any atom is -0.456 e. The maximum atomic E-state index is 6.25. The molecule has 2 heteroatoms. The molecule has 2 heterocycles. The summed E-state index contributed by atoms with van der Waals surface area (Å²) in [6, 6.07) is 62.1. The van der Waals surface area contributed by atoms with E-state index in [1.807, 2.05) is 17.4 Å². The quantitative estimate of drug-likeness (QED) is 0.173. The zero-order valence-electron chi connectivity index (χ0n) is 27.0. The average Bonchev–Trinajstić information content (AvgIpc) is 3.75. The van der Waals surface area contributed by atoms with E-state index in [1.165, 1.54) is 96.6 Å². The van der Waals surface area contributed by atoms with Crippen LogP contribution in [0.4, 0.5) is 0 Å². The van der Waals surface area contributed by atoms with Gasteiger partial charge in [-0.3, -0.25) is 0 Å². The van der Waals surface area contributed by atoms with Crippen LogP contribution < -0.4 is 0 Å². The summed E-state index contributed by atoms with van der Waals surface area (Å²) in [7, 11) is 0. The Kier molecular flexibility index (Phi) is 5.89. The highest BCUT2D eigenvalue weighted by atomic mass is 32.1. The Labute approximate surface area is 292 Å². The molecule has 0 fully saturated rings. The van der Waals surface area contributed by atoms with Crippen LogP contribution in [0.5, 0.6) is 0 Å². The van der Waals surface area contributed by atoms with Gasteiger partial charge in [-0.1, -0.05) is 127 Å². The van der Waals surface area contributed by atoms with Crippen LogP contribution in [0.3, 0.4) is 0 Å². The van der Waals surface area contributed by atoms with Crippen LogP contribution in [0.1, 0.15) is 0 Å². The maximum Gasteiger partial charge on any atom is 0.136 e. The van der Waals surface area contributed by atoms with E-state index in [4.69, 9.17) is 4.42 Å². The molecule has 0 aliphatic rings. The summed E-state index contributed by atoms with van der Waals surface area (Å²) < 4.78 is 8.83. The third-order valence-electron chi connectivity index (χ3n) is 10.4. The number of rotatable bonds is 3. The lowest BCUT2D eigenvalue weighted by molar-refractivity contribution is 0.669. The summed E-state index contributed by atoms with van der Waals surface area (Å²) in [5, 5.41) is 12.5. The summed E-state index contributed by atoms with van der Waals surface area (Å²) in [6.45, 7) is 0. The van der Waals surface area contributed by atoms with Crippen molar-refractivity contribution in [2.45, 2.75) is 0 Å². The minimum absolute atomic E-state index is 0.939. The molecule has 0 N–H and O–H groups in total. The number of thiophene rings is 1. The fraction of sp³-hybridized carbons (Fsp3) is 0. The van der Waals surface area contributed by atoms with Crippen LogP contribution in [0, 0.1) is 0 Å². The highest BCUT2D eigenvalue weighted by Crippen LogP contribution is 2.47. The number of furan rings is 1. The van der Waals surface area contributed by atoms with Gasteiger partial charge in [0.15, 0.2) is 0 Å². The van der Waals surface area contributed by atoms with Crippen LogP contribution in [0.2, 0.25) is 0 Å². The molecule has 2 aromatic heterocycles. The lowest BCUT2D eigenvalue weighted by Gasteiger charge is -2.18. The van der Waals surface area contributed by atoms with Gasteiger partial charge in [-0.2, -0.15) is 0 Å². The molecule has 0 aliphatic heterocycles. The van der Waals surface area contributed by atoms with E-state index < -0.39 is 0 Å². The first-order valence-corrected chi connectivity index (χ1v) is 17.9. The van der Waals surface area contributed by atoms with Crippen molar-refractivity contribution in [3.8, 4) is 33.4 Å². The fourth-order valence-electron chi connectivity index (χ4n) is 8.17. The van der Waals surface area contributed by atoms with E-state index in [-0.39, 0.29) is 0 Å². The summed E-state index contributed by atoms with van der Waals surface area (Å²) in [4.78, 5) is 0. The average molecular weight is 653 g/mol. The van der Waals surface area contributed by atoms with E-state index in [1.54, 1.807) is 0 Å². The van der Waals surface area contributed by atoms with Crippen molar-refractivity contribution in [3.63, 3.8) is 0 Å². The first-order valence-electron chi connectivity index (χ1n) is 17.1. The molecule has 9 aromatic carbocycles. The van der Waals surface area contributed by atoms with Crippen molar-refractivity contribution in [1.82, 2.24) is 0 Å². The molecular weight excluding hydrogens is 625 g/mol. The van der Waals surface area contributed by atoms with Gasteiger partial charge in [0.05, 0.1) is 0 Å². The Morgan fingerprint density at radius 3 is 1.70 bits per heavy atom. The van der Waals surface area contributed by atoms with Crippen LogP contribution in [-0.2, 0) is 0 Å². The van der Waals surface area contributed by atoms with Gasteiger partial charge in [-0.15, -0.1) is 11.3 Å². The summed E-state index contributed by atoms with van der Waals surface area (Å²) in [5.41, 5.74) is 9.35. The molecule has 0 aliphatic carbocycles. The van der Waals surface area contributed by atoms with Crippen LogP contribution >= 0.6 is 11.3 Å². The van der Waals surface area contributed by atoms with Gasteiger partial charge in [0.25, 0.3) is 0 Å². The molecule has 11 aromatic rings. The lowest BCUT2D eigenvalue weighted by Crippen LogP contribution is -1.91. The highest BCUT2D eigenvalue weighted by molar-refractivity contribution is 7.26. The molecule has 0 saturated heterocycles. The summed E-state index contributed by atoms with van der Waals surface area (Å²) >= 11 is 1.86. The summed E-state index contributed by atoms with van der Waals surface area (Å²) in [5.74, 6) is 0. The first-order chi connectivity index (χ1) is 24.8. The molecule has 0 spiro atoms. The molecule has 232 valence electrons. The van der Waals surface area contributed by atoms with Crippen molar-refractivity contribution in [2.24, 2.45) is 0 Å². The Morgan fingerprint density at radius 2 is 0.940 bits per heavy atom. The predicted molar refractivity (Wildman–Crippen MR) is 215 cm³/mol. The molecule has 50 heavy (non-hydrogen) atoms.